The highest BCUT2D eigenvalue weighted by Gasteiger charge is 2.34. The zero-order valence-electron chi connectivity index (χ0n) is 11.9. The first-order chi connectivity index (χ1) is 10.1. The van der Waals surface area contributed by atoms with Crippen LogP contribution in [0.4, 0.5) is 0 Å². The van der Waals surface area contributed by atoms with Crippen LogP contribution >= 0.6 is 0 Å². The molecule has 2 heterocycles. The lowest BCUT2D eigenvalue weighted by Gasteiger charge is -2.33. The molecule has 0 unspecified atom stereocenters. The number of nitrogens with zero attached hydrogens (tertiary/aromatic N) is 1. The largest absolute Gasteiger partial charge is 0.480 e. The van der Waals surface area contributed by atoms with Crippen LogP contribution in [0.3, 0.4) is 0 Å². The number of rotatable bonds is 2. The number of carboxylic acid groups (broad SMARTS) is 1. The van der Waals surface area contributed by atoms with E-state index in [9.17, 15) is 14.7 Å². The van der Waals surface area contributed by atoms with Gasteiger partial charge in [-0.15, -0.1) is 0 Å². The molecule has 21 heavy (non-hydrogen) atoms. The number of fused-ring (bicyclic) bond motifs is 1. The van der Waals surface area contributed by atoms with Gasteiger partial charge in [-0.1, -0.05) is 18.2 Å². The van der Waals surface area contributed by atoms with E-state index < -0.39 is 12.0 Å². The molecule has 0 spiro atoms. The summed E-state index contributed by atoms with van der Waals surface area (Å²) in [5, 5.41) is 10.2. The van der Waals surface area contributed by atoms with Crippen LogP contribution in [0.5, 0.6) is 0 Å². The number of carboxylic acids is 1. The van der Waals surface area contributed by atoms with Crippen molar-refractivity contribution in [3.63, 3.8) is 0 Å². The van der Waals surface area contributed by atoms with Gasteiger partial charge < -0.3 is 15.0 Å². The van der Waals surface area contributed by atoms with E-state index in [1.807, 2.05) is 31.2 Å². The molecule has 0 aliphatic carbocycles. The number of H-pyrrole nitrogens is 1. The molecule has 110 valence electrons. The number of benzene rings is 1. The Morgan fingerprint density at radius 2 is 2.05 bits per heavy atom. The minimum Gasteiger partial charge on any atom is -0.480 e. The minimum absolute atomic E-state index is 0.183. The van der Waals surface area contributed by atoms with Gasteiger partial charge in [0.1, 0.15) is 6.04 Å². The van der Waals surface area contributed by atoms with Crippen LogP contribution in [-0.2, 0) is 4.79 Å². The summed E-state index contributed by atoms with van der Waals surface area (Å²) in [6.45, 7) is 2.36. The number of para-hydroxylation sites is 1. The number of aliphatic carboxylic acids is 1. The summed E-state index contributed by atoms with van der Waals surface area (Å²) in [6.07, 6.45) is 2.24. The zero-order chi connectivity index (χ0) is 15.0. The van der Waals surface area contributed by atoms with Crippen molar-refractivity contribution in [2.45, 2.75) is 32.2 Å². The van der Waals surface area contributed by atoms with Crippen molar-refractivity contribution in [3.05, 3.63) is 35.5 Å². The molecule has 0 radical (unpaired) electrons. The number of aromatic nitrogens is 1. The number of amides is 1. The van der Waals surface area contributed by atoms with E-state index in [4.69, 9.17) is 0 Å². The van der Waals surface area contributed by atoms with E-state index in [0.717, 1.165) is 29.4 Å². The number of nitrogens with one attached hydrogen (secondary N) is 1. The van der Waals surface area contributed by atoms with Gasteiger partial charge in [0.05, 0.1) is 5.56 Å². The van der Waals surface area contributed by atoms with Crippen molar-refractivity contribution in [1.29, 1.82) is 0 Å². The van der Waals surface area contributed by atoms with Crippen molar-refractivity contribution in [1.82, 2.24) is 9.88 Å². The number of likely N-dealkylation sites (tertiary alicyclic amines) is 1. The monoisotopic (exact) mass is 286 g/mol. The molecular weight excluding hydrogens is 268 g/mol. The van der Waals surface area contributed by atoms with E-state index >= 15 is 0 Å². The van der Waals surface area contributed by atoms with E-state index in [0.29, 0.717) is 18.5 Å². The third-order valence-electron chi connectivity index (χ3n) is 4.16. The molecule has 1 aliphatic rings. The van der Waals surface area contributed by atoms with Gasteiger partial charge in [-0.2, -0.15) is 0 Å². The van der Waals surface area contributed by atoms with E-state index in [1.165, 1.54) is 4.90 Å². The van der Waals surface area contributed by atoms with Gasteiger partial charge in [0.15, 0.2) is 0 Å². The quantitative estimate of drug-likeness (QED) is 0.891. The van der Waals surface area contributed by atoms with Gasteiger partial charge in [0.25, 0.3) is 5.91 Å². The molecule has 1 atom stereocenters. The van der Waals surface area contributed by atoms with Gasteiger partial charge in [-0.3, -0.25) is 4.79 Å². The normalized spacial score (nSPS) is 18.9. The Bertz CT molecular complexity index is 705. The Balaban J connectivity index is 2.03. The standard InChI is InChI=1S/C16H18N2O3/c1-10-14(11-6-2-3-7-12(11)17-10)15(19)18-9-5-4-8-13(18)16(20)21/h2-3,6-7,13,17H,4-5,8-9H2,1H3,(H,20,21)/t13-/m1/s1. The number of aromatic amines is 1. The third-order valence-corrected chi connectivity index (χ3v) is 4.16. The fourth-order valence-electron chi connectivity index (χ4n) is 3.13. The number of carbonyl (C=O) groups excluding carboxylic acids is 1. The molecule has 1 aliphatic heterocycles. The Morgan fingerprint density at radius 1 is 1.29 bits per heavy atom. The lowest BCUT2D eigenvalue weighted by atomic mass is 10.00. The Hall–Kier alpha value is -2.30. The molecule has 1 saturated heterocycles. The lowest BCUT2D eigenvalue weighted by molar-refractivity contribution is -0.143. The van der Waals surface area contributed by atoms with Crippen LogP contribution in [0.1, 0.15) is 35.3 Å². The van der Waals surface area contributed by atoms with Gasteiger partial charge in [-0.25, -0.2) is 4.79 Å². The highest BCUT2D eigenvalue weighted by Crippen LogP contribution is 2.26. The average Bonchev–Trinajstić information content (AvgIpc) is 2.82. The molecular formula is C16H18N2O3. The summed E-state index contributed by atoms with van der Waals surface area (Å²) in [7, 11) is 0. The molecule has 1 aromatic heterocycles. The van der Waals surface area contributed by atoms with Crippen LogP contribution in [0, 0.1) is 6.92 Å². The number of carbonyl (C=O) groups is 2. The molecule has 3 rings (SSSR count). The van der Waals surface area contributed by atoms with E-state index in [2.05, 4.69) is 4.98 Å². The highest BCUT2D eigenvalue weighted by atomic mass is 16.4. The van der Waals surface area contributed by atoms with Crippen LogP contribution in [0.2, 0.25) is 0 Å². The Morgan fingerprint density at radius 3 is 2.81 bits per heavy atom. The summed E-state index contributed by atoms with van der Waals surface area (Å²) < 4.78 is 0. The molecule has 1 fully saturated rings. The first-order valence-corrected chi connectivity index (χ1v) is 7.20. The maximum atomic E-state index is 12.9. The van der Waals surface area contributed by atoms with Crippen molar-refractivity contribution in [3.8, 4) is 0 Å². The maximum Gasteiger partial charge on any atom is 0.326 e. The van der Waals surface area contributed by atoms with E-state index in [-0.39, 0.29) is 5.91 Å². The van der Waals surface area contributed by atoms with Crippen molar-refractivity contribution >= 4 is 22.8 Å². The summed E-state index contributed by atoms with van der Waals surface area (Å²) in [5.41, 5.74) is 2.29. The molecule has 5 heteroatoms. The van der Waals surface area contributed by atoms with Crippen LogP contribution in [0.15, 0.2) is 24.3 Å². The lowest BCUT2D eigenvalue weighted by Crippen LogP contribution is -2.48. The fourth-order valence-corrected chi connectivity index (χ4v) is 3.13. The predicted octanol–water partition coefficient (Wildman–Crippen LogP) is 2.56. The minimum atomic E-state index is -0.916. The smallest absolute Gasteiger partial charge is 0.326 e. The molecule has 1 aromatic carbocycles. The second-order valence-electron chi connectivity index (χ2n) is 5.52. The summed E-state index contributed by atoms with van der Waals surface area (Å²) in [6, 6.07) is 6.90. The number of hydrogen-bond acceptors (Lipinski definition) is 2. The summed E-state index contributed by atoms with van der Waals surface area (Å²) in [4.78, 5) is 28.9. The van der Waals surface area contributed by atoms with E-state index in [1.54, 1.807) is 0 Å². The van der Waals surface area contributed by atoms with Crippen molar-refractivity contribution in [2.24, 2.45) is 0 Å². The zero-order valence-corrected chi connectivity index (χ0v) is 11.9. The van der Waals surface area contributed by atoms with Gasteiger partial charge >= 0.3 is 5.97 Å². The van der Waals surface area contributed by atoms with Crippen LogP contribution < -0.4 is 0 Å². The number of piperidine rings is 1. The maximum absolute atomic E-state index is 12.9. The number of hydrogen-bond donors (Lipinski definition) is 2. The molecule has 0 saturated carbocycles. The van der Waals surface area contributed by atoms with Crippen LogP contribution in [-0.4, -0.2) is 39.5 Å². The number of aryl methyl sites for hydroxylation is 1. The van der Waals surface area contributed by atoms with Gasteiger partial charge in [-0.05, 0) is 32.3 Å². The SMILES string of the molecule is Cc1[nH]c2ccccc2c1C(=O)N1CCCC[C@@H]1C(=O)O. The molecule has 1 amide bonds. The molecule has 2 aromatic rings. The molecule has 5 nitrogen and oxygen atoms in total. The van der Waals surface area contributed by atoms with Crippen LogP contribution in [0.25, 0.3) is 10.9 Å². The predicted molar refractivity (Wildman–Crippen MR) is 79.3 cm³/mol. The molecule has 2 N–H and O–H groups in total. The third kappa shape index (κ3) is 2.28. The first-order valence-electron chi connectivity index (χ1n) is 7.20. The second-order valence-corrected chi connectivity index (χ2v) is 5.52. The highest BCUT2D eigenvalue weighted by molar-refractivity contribution is 6.09. The average molecular weight is 286 g/mol. The van der Waals surface area contributed by atoms with Gasteiger partial charge in [0, 0.05) is 23.1 Å². The van der Waals surface area contributed by atoms with Crippen molar-refractivity contribution < 1.29 is 14.7 Å². The van der Waals surface area contributed by atoms with Gasteiger partial charge in [0.2, 0.25) is 0 Å². The first kappa shape index (κ1) is 13.7. The fraction of sp³-hybridized carbons (Fsp3) is 0.375. The summed E-state index contributed by atoms with van der Waals surface area (Å²) >= 11 is 0. The second kappa shape index (κ2) is 5.24. The topological polar surface area (TPSA) is 73.4 Å². The Kier molecular flexibility index (Phi) is 3.41. The molecule has 0 bridgehead atoms. The Labute approximate surface area is 122 Å². The summed E-state index contributed by atoms with van der Waals surface area (Å²) in [5.74, 6) is -1.10. The van der Waals surface area contributed by atoms with Crippen molar-refractivity contribution in [2.75, 3.05) is 6.54 Å².